The Morgan fingerprint density at radius 3 is 2.93 bits per heavy atom. The van der Waals surface area contributed by atoms with E-state index in [2.05, 4.69) is 21.9 Å². The Hall–Kier alpha value is -2.99. The molecule has 0 saturated heterocycles. The van der Waals surface area contributed by atoms with E-state index in [1.807, 2.05) is 31.2 Å². The molecule has 1 aliphatic rings. The second-order valence-electron chi connectivity index (χ2n) is 7.99. The molecule has 0 radical (unpaired) electrons. The summed E-state index contributed by atoms with van der Waals surface area (Å²) in [7, 11) is 0. The largest absolute Gasteiger partial charge is 0.441 e. The quantitative estimate of drug-likeness (QED) is 0.485. The molecule has 0 N–H and O–H groups in total. The van der Waals surface area contributed by atoms with Crippen LogP contribution in [0.1, 0.15) is 36.1 Å². The Kier molecular flexibility index (Phi) is 4.66. The third-order valence-electron chi connectivity index (χ3n) is 5.74. The number of hydrogen-bond donors (Lipinski definition) is 0. The van der Waals surface area contributed by atoms with Crippen molar-refractivity contribution in [2.75, 3.05) is 0 Å². The number of aryl methyl sites for hydroxylation is 2. The van der Waals surface area contributed by atoms with Gasteiger partial charge in [0.2, 0.25) is 5.89 Å². The molecule has 5 rings (SSSR count). The van der Waals surface area contributed by atoms with Crippen LogP contribution in [0, 0.1) is 12.8 Å². The van der Waals surface area contributed by atoms with Crippen LogP contribution in [0.3, 0.4) is 0 Å². The molecule has 0 aliphatic heterocycles. The predicted molar refractivity (Wildman–Crippen MR) is 116 cm³/mol. The lowest BCUT2D eigenvalue weighted by molar-refractivity contribution is 0.495. The second-order valence-corrected chi connectivity index (χ2v) is 8.40. The van der Waals surface area contributed by atoms with Crippen molar-refractivity contribution in [3.05, 3.63) is 74.7 Å². The normalized spacial score (nSPS) is 16.0. The molecule has 1 aromatic carbocycles. The van der Waals surface area contributed by atoms with Crippen LogP contribution in [0.5, 0.6) is 0 Å². The van der Waals surface area contributed by atoms with Crippen molar-refractivity contribution < 1.29 is 4.42 Å². The summed E-state index contributed by atoms with van der Waals surface area (Å²) in [5.74, 6) is 1.70. The predicted octanol–water partition coefficient (Wildman–Crippen LogP) is 4.58. The molecule has 0 amide bonds. The molecule has 4 aromatic rings. The summed E-state index contributed by atoms with van der Waals surface area (Å²) < 4.78 is 7.38. The SMILES string of the molecule is Cc1oc(-c2ccccc2Cl)nc1Cn1cnc2nc3c(cc2c1=O)CC(C)CC3. The number of benzene rings is 1. The van der Waals surface area contributed by atoms with Gasteiger partial charge in [0.05, 0.1) is 22.5 Å². The number of hydrogen-bond acceptors (Lipinski definition) is 5. The molecule has 0 spiro atoms. The highest BCUT2D eigenvalue weighted by Crippen LogP contribution is 2.29. The number of nitrogens with zero attached hydrogens (tertiary/aromatic N) is 4. The average molecular weight is 421 g/mol. The van der Waals surface area contributed by atoms with Crippen molar-refractivity contribution in [3.63, 3.8) is 0 Å². The van der Waals surface area contributed by atoms with Crippen molar-refractivity contribution in [2.45, 2.75) is 39.7 Å². The van der Waals surface area contributed by atoms with Gasteiger partial charge in [0, 0.05) is 5.69 Å². The number of halogens is 1. The summed E-state index contributed by atoms with van der Waals surface area (Å²) in [6.07, 6.45) is 4.57. The standard InChI is InChI=1S/C23H21ClN4O2/c1-13-7-8-19-15(9-13)10-17-21(26-19)25-12-28(23(17)29)11-20-14(2)30-22(27-20)16-5-3-4-6-18(16)24/h3-6,10,12-13H,7-9,11H2,1-2H3. The fraction of sp³-hybridized carbons (Fsp3) is 0.304. The zero-order chi connectivity index (χ0) is 20.8. The van der Waals surface area contributed by atoms with Crippen LogP contribution in [0.15, 0.2) is 45.9 Å². The first-order chi connectivity index (χ1) is 14.5. The van der Waals surface area contributed by atoms with Gasteiger partial charge in [-0.15, -0.1) is 0 Å². The van der Waals surface area contributed by atoms with Gasteiger partial charge >= 0.3 is 0 Å². The van der Waals surface area contributed by atoms with E-state index in [-0.39, 0.29) is 12.1 Å². The first-order valence-corrected chi connectivity index (χ1v) is 10.5. The number of rotatable bonds is 3. The zero-order valence-corrected chi connectivity index (χ0v) is 17.6. The van der Waals surface area contributed by atoms with Crippen molar-refractivity contribution >= 4 is 22.6 Å². The Morgan fingerprint density at radius 2 is 2.10 bits per heavy atom. The molecule has 7 heteroatoms. The molecular weight excluding hydrogens is 400 g/mol. The summed E-state index contributed by atoms with van der Waals surface area (Å²) in [5, 5.41) is 1.12. The zero-order valence-electron chi connectivity index (χ0n) is 16.9. The molecular formula is C23H21ClN4O2. The van der Waals surface area contributed by atoms with Gasteiger partial charge in [-0.2, -0.15) is 0 Å². The number of fused-ring (bicyclic) bond motifs is 2. The molecule has 3 heterocycles. The van der Waals surface area contributed by atoms with Crippen LogP contribution in [0.25, 0.3) is 22.5 Å². The monoisotopic (exact) mass is 420 g/mol. The van der Waals surface area contributed by atoms with Crippen LogP contribution < -0.4 is 5.56 Å². The maximum absolute atomic E-state index is 13.1. The lowest BCUT2D eigenvalue weighted by Crippen LogP contribution is -2.23. The van der Waals surface area contributed by atoms with Gasteiger partial charge in [0.1, 0.15) is 17.8 Å². The van der Waals surface area contributed by atoms with E-state index < -0.39 is 0 Å². The highest BCUT2D eigenvalue weighted by molar-refractivity contribution is 6.33. The second kappa shape index (κ2) is 7.36. The maximum atomic E-state index is 13.1. The molecule has 1 atom stereocenters. The van der Waals surface area contributed by atoms with Gasteiger partial charge in [-0.3, -0.25) is 9.36 Å². The van der Waals surface area contributed by atoms with Crippen LogP contribution in [0.4, 0.5) is 0 Å². The summed E-state index contributed by atoms with van der Waals surface area (Å²) >= 11 is 6.27. The lowest BCUT2D eigenvalue weighted by Gasteiger charge is -2.20. The van der Waals surface area contributed by atoms with E-state index in [0.29, 0.717) is 39.3 Å². The first kappa shape index (κ1) is 19.0. The molecule has 3 aromatic heterocycles. The number of pyridine rings is 1. The van der Waals surface area contributed by atoms with Crippen molar-refractivity contribution in [2.24, 2.45) is 5.92 Å². The average Bonchev–Trinajstić information content (AvgIpc) is 3.09. The Balaban J connectivity index is 1.52. The van der Waals surface area contributed by atoms with E-state index in [9.17, 15) is 4.79 Å². The minimum Gasteiger partial charge on any atom is -0.441 e. The maximum Gasteiger partial charge on any atom is 0.263 e. The molecule has 1 aliphatic carbocycles. The fourth-order valence-electron chi connectivity index (χ4n) is 4.02. The summed E-state index contributed by atoms with van der Waals surface area (Å²) in [6, 6.07) is 9.37. The Bertz CT molecular complexity index is 1320. The highest BCUT2D eigenvalue weighted by Gasteiger charge is 2.20. The molecule has 0 bridgehead atoms. The minimum atomic E-state index is -0.116. The molecule has 0 saturated carbocycles. The van der Waals surface area contributed by atoms with Gasteiger partial charge in [0.25, 0.3) is 5.56 Å². The van der Waals surface area contributed by atoms with Crippen molar-refractivity contribution in [3.8, 4) is 11.5 Å². The summed E-state index contributed by atoms with van der Waals surface area (Å²) in [5.41, 5.74) is 4.03. The Labute approximate surface area is 178 Å². The number of aromatic nitrogens is 4. The first-order valence-electron chi connectivity index (χ1n) is 10.1. The van der Waals surface area contributed by atoms with Crippen LogP contribution in [-0.2, 0) is 19.4 Å². The van der Waals surface area contributed by atoms with E-state index in [1.54, 1.807) is 17.0 Å². The fourth-order valence-corrected chi connectivity index (χ4v) is 4.24. The van der Waals surface area contributed by atoms with E-state index >= 15 is 0 Å². The van der Waals surface area contributed by atoms with Gasteiger partial charge < -0.3 is 4.42 Å². The van der Waals surface area contributed by atoms with Gasteiger partial charge in [0.15, 0.2) is 5.65 Å². The third-order valence-corrected chi connectivity index (χ3v) is 6.07. The smallest absolute Gasteiger partial charge is 0.263 e. The van der Waals surface area contributed by atoms with Gasteiger partial charge in [-0.05, 0) is 55.9 Å². The van der Waals surface area contributed by atoms with Crippen LogP contribution in [0.2, 0.25) is 5.02 Å². The van der Waals surface area contributed by atoms with Crippen LogP contribution >= 0.6 is 11.6 Å². The lowest BCUT2D eigenvalue weighted by atomic mass is 9.87. The number of oxazole rings is 1. The molecule has 1 unspecified atom stereocenters. The molecule has 30 heavy (non-hydrogen) atoms. The topological polar surface area (TPSA) is 73.8 Å². The van der Waals surface area contributed by atoms with Crippen molar-refractivity contribution in [1.29, 1.82) is 0 Å². The van der Waals surface area contributed by atoms with Gasteiger partial charge in [-0.1, -0.05) is 30.7 Å². The summed E-state index contributed by atoms with van der Waals surface area (Å²) in [4.78, 5) is 26.8. The van der Waals surface area contributed by atoms with Gasteiger partial charge in [-0.25, -0.2) is 15.0 Å². The third kappa shape index (κ3) is 3.31. The minimum absolute atomic E-state index is 0.116. The van der Waals surface area contributed by atoms with Crippen molar-refractivity contribution in [1.82, 2.24) is 19.5 Å². The van der Waals surface area contributed by atoms with Crippen LogP contribution in [-0.4, -0.2) is 19.5 Å². The van der Waals surface area contributed by atoms with E-state index in [0.717, 1.165) is 36.1 Å². The molecule has 152 valence electrons. The Morgan fingerprint density at radius 1 is 1.27 bits per heavy atom. The molecule has 0 fully saturated rings. The van der Waals surface area contributed by atoms with E-state index in [4.69, 9.17) is 16.0 Å². The highest BCUT2D eigenvalue weighted by atomic mass is 35.5. The molecule has 6 nitrogen and oxygen atoms in total. The summed E-state index contributed by atoms with van der Waals surface area (Å²) in [6.45, 7) is 4.34. The van der Waals surface area contributed by atoms with E-state index in [1.165, 1.54) is 0 Å².